The number of rotatable bonds is 5. The molecule has 0 saturated heterocycles. The first kappa shape index (κ1) is 21.8. The molecule has 32 heavy (non-hydrogen) atoms. The van der Waals surface area contributed by atoms with E-state index in [9.17, 15) is 0 Å². The Morgan fingerprint density at radius 3 is 1.47 bits per heavy atom. The number of aryl methyl sites for hydroxylation is 6. The minimum absolute atomic E-state index is 0.653. The number of nitrogens with zero attached hydrogens (tertiary/aromatic N) is 2. The average Bonchev–Trinajstić information content (AvgIpc) is 2.71. The molecule has 3 heteroatoms. The number of benzene rings is 3. The third-order valence-corrected chi connectivity index (χ3v) is 5.89. The summed E-state index contributed by atoms with van der Waals surface area (Å²) in [5.41, 5.74) is 13.0. The molecule has 0 unspecified atom stereocenters. The van der Waals surface area contributed by atoms with E-state index in [1.54, 1.807) is 0 Å². The second-order valence-corrected chi connectivity index (χ2v) is 8.85. The molecule has 0 aliphatic heterocycles. The Balaban J connectivity index is 1.86. The molecule has 0 aliphatic rings. The van der Waals surface area contributed by atoms with Crippen LogP contribution in [0.5, 0.6) is 0 Å². The van der Waals surface area contributed by atoms with Gasteiger partial charge in [0, 0.05) is 17.7 Å². The summed E-state index contributed by atoms with van der Waals surface area (Å²) in [5, 5.41) is 3.46. The SMILES string of the molecule is Cc1cc(C)c(-c2cc(-c3c(C)cc(C)cc3C)nc(NCc3ccccc3)n2)c(C)c1. The van der Waals surface area contributed by atoms with Crippen molar-refractivity contribution in [2.24, 2.45) is 0 Å². The summed E-state index contributed by atoms with van der Waals surface area (Å²) in [7, 11) is 0. The van der Waals surface area contributed by atoms with Crippen molar-refractivity contribution in [1.29, 1.82) is 0 Å². The standard InChI is InChI=1S/C29H31N3/c1-18-12-20(3)27(21(4)13-18)25-16-26(28-22(5)14-19(2)15-23(28)6)32-29(31-25)30-17-24-10-8-7-9-11-24/h7-16H,17H2,1-6H3,(H,30,31,32). The van der Waals surface area contributed by atoms with Gasteiger partial charge in [-0.05, 0) is 75.4 Å². The van der Waals surface area contributed by atoms with Gasteiger partial charge in [0.05, 0.1) is 11.4 Å². The molecule has 4 rings (SSSR count). The van der Waals surface area contributed by atoms with E-state index in [0.717, 1.165) is 11.4 Å². The van der Waals surface area contributed by atoms with Gasteiger partial charge in [0.15, 0.2) is 0 Å². The van der Waals surface area contributed by atoms with E-state index in [1.807, 2.05) is 6.07 Å². The van der Waals surface area contributed by atoms with E-state index >= 15 is 0 Å². The van der Waals surface area contributed by atoms with Crippen LogP contribution in [-0.4, -0.2) is 9.97 Å². The lowest BCUT2D eigenvalue weighted by Crippen LogP contribution is -2.06. The summed E-state index contributed by atoms with van der Waals surface area (Å²) in [6.07, 6.45) is 0. The monoisotopic (exact) mass is 421 g/mol. The predicted octanol–water partition coefficient (Wildman–Crippen LogP) is 7.27. The molecule has 0 bridgehead atoms. The van der Waals surface area contributed by atoms with E-state index in [4.69, 9.17) is 9.97 Å². The van der Waals surface area contributed by atoms with E-state index in [1.165, 1.54) is 50.1 Å². The van der Waals surface area contributed by atoms with Crippen molar-refractivity contribution in [3.8, 4) is 22.5 Å². The van der Waals surface area contributed by atoms with Crippen molar-refractivity contribution < 1.29 is 0 Å². The molecule has 3 aromatic carbocycles. The zero-order chi connectivity index (χ0) is 22.8. The van der Waals surface area contributed by atoms with Gasteiger partial charge in [0.25, 0.3) is 0 Å². The second-order valence-electron chi connectivity index (χ2n) is 8.85. The van der Waals surface area contributed by atoms with Crippen molar-refractivity contribution in [3.05, 3.63) is 99.6 Å². The first-order chi connectivity index (χ1) is 15.3. The van der Waals surface area contributed by atoms with Crippen LogP contribution in [0.3, 0.4) is 0 Å². The van der Waals surface area contributed by atoms with Crippen molar-refractivity contribution in [2.45, 2.75) is 48.1 Å². The smallest absolute Gasteiger partial charge is 0.224 e. The number of hydrogen-bond donors (Lipinski definition) is 1. The van der Waals surface area contributed by atoms with Crippen molar-refractivity contribution in [3.63, 3.8) is 0 Å². The minimum Gasteiger partial charge on any atom is -0.350 e. The Morgan fingerprint density at radius 2 is 1.03 bits per heavy atom. The molecule has 0 spiro atoms. The first-order valence-corrected chi connectivity index (χ1v) is 11.1. The van der Waals surface area contributed by atoms with Gasteiger partial charge >= 0.3 is 0 Å². The van der Waals surface area contributed by atoms with Gasteiger partial charge in [-0.25, -0.2) is 9.97 Å². The second kappa shape index (κ2) is 8.96. The number of anilines is 1. The summed E-state index contributed by atoms with van der Waals surface area (Å²) in [6, 6.07) is 21.4. The Bertz CT molecular complexity index is 1150. The normalized spacial score (nSPS) is 10.9. The van der Waals surface area contributed by atoms with Gasteiger partial charge < -0.3 is 5.32 Å². The van der Waals surface area contributed by atoms with Crippen LogP contribution in [-0.2, 0) is 6.54 Å². The Labute approximate surface area is 191 Å². The molecule has 0 fully saturated rings. The molecule has 0 saturated carbocycles. The minimum atomic E-state index is 0.653. The van der Waals surface area contributed by atoms with Gasteiger partial charge in [-0.15, -0.1) is 0 Å². The van der Waals surface area contributed by atoms with Crippen LogP contribution in [0.2, 0.25) is 0 Å². The fourth-order valence-corrected chi connectivity index (χ4v) is 4.73. The number of aromatic nitrogens is 2. The highest BCUT2D eigenvalue weighted by Gasteiger charge is 2.15. The molecule has 1 heterocycles. The number of nitrogens with one attached hydrogen (secondary N) is 1. The molecule has 0 atom stereocenters. The summed E-state index contributed by atoms with van der Waals surface area (Å²) >= 11 is 0. The fourth-order valence-electron chi connectivity index (χ4n) is 4.73. The zero-order valence-electron chi connectivity index (χ0n) is 19.9. The maximum absolute atomic E-state index is 4.95. The van der Waals surface area contributed by atoms with Crippen molar-refractivity contribution in [1.82, 2.24) is 9.97 Å². The van der Waals surface area contributed by atoms with Crippen molar-refractivity contribution in [2.75, 3.05) is 5.32 Å². The molecule has 0 aliphatic carbocycles. The number of hydrogen-bond acceptors (Lipinski definition) is 3. The third kappa shape index (κ3) is 4.57. The van der Waals surface area contributed by atoms with E-state index in [0.29, 0.717) is 12.5 Å². The quantitative estimate of drug-likeness (QED) is 0.368. The highest BCUT2D eigenvalue weighted by atomic mass is 15.1. The van der Waals surface area contributed by atoms with E-state index in [2.05, 4.69) is 101 Å². The van der Waals surface area contributed by atoms with Crippen LogP contribution >= 0.6 is 0 Å². The van der Waals surface area contributed by atoms with Crippen LogP contribution in [0.1, 0.15) is 38.9 Å². The molecule has 0 amide bonds. The molecule has 1 aromatic heterocycles. The zero-order valence-corrected chi connectivity index (χ0v) is 19.9. The average molecular weight is 422 g/mol. The molecular formula is C29H31N3. The lowest BCUT2D eigenvalue weighted by molar-refractivity contribution is 1.05. The summed E-state index contributed by atoms with van der Waals surface area (Å²) < 4.78 is 0. The highest BCUT2D eigenvalue weighted by Crippen LogP contribution is 2.33. The van der Waals surface area contributed by atoms with E-state index in [-0.39, 0.29) is 0 Å². The topological polar surface area (TPSA) is 37.8 Å². The maximum Gasteiger partial charge on any atom is 0.224 e. The fraction of sp³-hybridized carbons (Fsp3) is 0.241. The third-order valence-electron chi connectivity index (χ3n) is 5.89. The van der Waals surface area contributed by atoms with Gasteiger partial charge in [-0.3, -0.25) is 0 Å². The summed E-state index contributed by atoms with van der Waals surface area (Å²) in [5.74, 6) is 0.653. The predicted molar refractivity (Wildman–Crippen MR) is 135 cm³/mol. The lowest BCUT2D eigenvalue weighted by Gasteiger charge is -2.16. The van der Waals surface area contributed by atoms with Crippen molar-refractivity contribution >= 4 is 5.95 Å². The van der Waals surface area contributed by atoms with Crippen LogP contribution in [0, 0.1) is 41.5 Å². The van der Waals surface area contributed by atoms with Gasteiger partial charge in [-0.1, -0.05) is 65.7 Å². The molecule has 162 valence electrons. The maximum atomic E-state index is 4.95. The van der Waals surface area contributed by atoms with Gasteiger partial charge in [0.1, 0.15) is 0 Å². The largest absolute Gasteiger partial charge is 0.350 e. The van der Waals surface area contributed by atoms with Crippen LogP contribution < -0.4 is 5.32 Å². The molecule has 0 radical (unpaired) electrons. The Kier molecular flexibility index (Phi) is 6.09. The molecular weight excluding hydrogens is 390 g/mol. The summed E-state index contributed by atoms with van der Waals surface area (Å²) in [4.78, 5) is 9.90. The van der Waals surface area contributed by atoms with Crippen LogP contribution in [0.4, 0.5) is 5.95 Å². The molecule has 1 N–H and O–H groups in total. The van der Waals surface area contributed by atoms with Crippen LogP contribution in [0.25, 0.3) is 22.5 Å². The highest BCUT2D eigenvalue weighted by molar-refractivity contribution is 5.76. The summed E-state index contributed by atoms with van der Waals surface area (Å²) in [6.45, 7) is 13.6. The molecule has 4 aromatic rings. The Morgan fingerprint density at radius 1 is 0.594 bits per heavy atom. The van der Waals surface area contributed by atoms with Gasteiger partial charge in [-0.2, -0.15) is 0 Å². The first-order valence-electron chi connectivity index (χ1n) is 11.1. The Hall–Kier alpha value is -3.46. The molecule has 3 nitrogen and oxygen atoms in total. The lowest BCUT2D eigenvalue weighted by atomic mass is 9.94. The van der Waals surface area contributed by atoms with Gasteiger partial charge in [0.2, 0.25) is 5.95 Å². The van der Waals surface area contributed by atoms with Crippen LogP contribution in [0.15, 0.2) is 60.7 Å². The van der Waals surface area contributed by atoms with E-state index < -0.39 is 0 Å².